The Labute approximate surface area is 183 Å². The maximum Gasteiger partial charge on any atom is 0.344 e. The third-order valence-electron chi connectivity index (χ3n) is 4.66. The minimum atomic E-state index is -3.82. The van der Waals surface area contributed by atoms with Crippen molar-refractivity contribution in [1.29, 1.82) is 0 Å². The highest BCUT2D eigenvalue weighted by Gasteiger charge is 2.21. The Kier molecular flexibility index (Phi) is 5.86. The number of anilines is 1. The first kappa shape index (κ1) is 21.4. The van der Waals surface area contributed by atoms with E-state index in [2.05, 4.69) is 25.1 Å². The van der Waals surface area contributed by atoms with Gasteiger partial charge in [-0.25, -0.2) is 22.7 Å². The Morgan fingerprint density at radius 2 is 2.09 bits per heavy atom. The summed E-state index contributed by atoms with van der Waals surface area (Å²) in [5.74, 6) is -0.934. The van der Waals surface area contributed by atoms with E-state index in [4.69, 9.17) is 4.74 Å². The molecule has 1 aromatic carbocycles. The second kappa shape index (κ2) is 8.75. The summed E-state index contributed by atoms with van der Waals surface area (Å²) < 4.78 is 34.1. The average Bonchev–Trinajstić information content (AvgIpc) is 3.38. The standard InChI is InChI=1S/C20H20N6O5S/c1-13-18(19-22-9-4-10-26(19)24-13)20(28)31-12-17(27)23-14-5-2-6-15(11-14)32(29,30)25-16-7-3-8-21-16/h2,4-6,9-11H,3,7-8,12H2,1H3,(H,21,25)(H,23,27). The van der Waals surface area contributed by atoms with Crippen LogP contribution in [0, 0.1) is 6.92 Å². The number of hydrogen-bond acceptors (Lipinski definition) is 8. The summed E-state index contributed by atoms with van der Waals surface area (Å²) in [6.07, 6.45) is 4.55. The molecule has 2 N–H and O–H groups in total. The lowest BCUT2D eigenvalue weighted by atomic mass is 10.2. The van der Waals surface area contributed by atoms with Gasteiger partial charge in [0.25, 0.3) is 15.9 Å². The van der Waals surface area contributed by atoms with Crippen LogP contribution < -0.4 is 10.0 Å². The lowest BCUT2D eigenvalue weighted by Gasteiger charge is -2.10. The van der Waals surface area contributed by atoms with Gasteiger partial charge in [0.2, 0.25) is 0 Å². The minimum Gasteiger partial charge on any atom is -0.452 e. The third kappa shape index (κ3) is 4.59. The van der Waals surface area contributed by atoms with Crippen molar-refractivity contribution in [3.63, 3.8) is 0 Å². The number of nitrogens with one attached hydrogen (secondary N) is 2. The first-order valence-corrected chi connectivity index (χ1v) is 11.2. The van der Waals surface area contributed by atoms with Crippen molar-refractivity contribution in [3.05, 3.63) is 54.0 Å². The van der Waals surface area contributed by atoms with Crippen molar-refractivity contribution >= 4 is 39.1 Å². The number of hydrogen-bond donors (Lipinski definition) is 2. The maximum atomic E-state index is 12.5. The summed E-state index contributed by atoms with van der Waals surface area (Å²) in [7, 11) is -3.82. The molecule has 0 bridgehead atoms. The number of carbonyl (C=O) groups excluding carboxylic acids is 2. The van der Waals surface area contributed by atoms with Gasteiger partial charge in [0.1, 0.15) is 11.4 Å². The number of esters is 1. The summed E-state index contributed by atoms with van der Waals surface area (Å²) in [5, 5.41) is 6.71. The van der Waals surface area contributed by atoms with Crippen LogP contribution in [0.5, 0.6) is 0 Å². The molecule has 12 heteroatoms. The van der Waals surface area contributed by atoms with Gasteiger partial charge in [-0.3, -0.25) is 14.5 Å². The molecular weight excluding hydrogens is 436 g/mol. The Balaban J connectivity index is 1.39. The lowest BCUT2D eigenvalue weighted by molar-refractivity contribution is -0.119. The van der Waals surface area contributed by atoms with Gasteiger partial charge in [-0.2, -0.15) is 5.10 Å². The van der Waals surface area contributed by atoms with Crippen molar-refractivity contribution in [2.75, 3.05) is 18.5 Å². The van der Waals surface area contributed by atoms with Crippen LogP contribution in [0.25, 0.3) is 5.65 Å². The zero-order valence-corrected chi connectivity index (χ0v) is 17.9. The molecule has 0 atom stereocenters. The second-order valence-corrected chi connectivity index (χ2v) is 8.72. The molecule has 3 aromatic rings. The molecule has 0 radical (unpaired) electrons. The van der Waals surface area contributed by atoms with E-state index in [0.29, 0.717) is 30.1 Å². The van der Waals surface area contributed by atoms with Crippen molar-refractivity contribution in [2.45, 2.75) is 24.7 Å². The highest BCUT2D eigenvalue weighted by atomic mass is 32.2. The number of sulfonamides is 1. The van der Waals surface area contributed by atoms with Crippen LogP contribution in [-0.2, 0) is 19.6 Å². The van der Waals surface area contributed by atoms with Crippen molar-refractivity contribution in [3.8, 4) is 0 Å². The van der Waals surface area contributed by atoms with E-state index < -0.39 is 28.5 Å². The molecule has 0 aliphatic carbocycles. The summed E-state index contributed by atoms with van der Waals surface area (Å²) in [5.41, 5.74) is 1.17. The normalized spacial score (nSPS) is 13.6. The van der Waals surface area contributed by atoms with Crippen molar-refractivity contribution in [1.82, 2.24) is 19.3 Å². The predicted octanol–water partition coefficient (Wildman–Crippen LogP) is 1.30. The molecule has 4 rings (SSSR count). The number of aryl methyl sites for hydroxylation is 1. The third-order valence-corrected chi connectivity index (χ3v) is 6.04. The maximum absolute atomic E-state index is 12.5. The number of amidine groups is 1. The molecule has 32 heavy (non-hydrogen) atoms. The highest BCUT2D eigenvalue weighted by molar-refractivity contribution is 7.90. The van der Waals surface area contributed by atoms with Gasteiger partial charge in [-0.05, 0) is 37.6 Å². The molecule has 2 aromatic heterocycles. The second-order valence-electron chi connectivity index (χ2n) is 7.04. The van der Waals surface area contributed by atoms with Crippen LogP contribution in [0.3, 0.4) is 0 Å². The monoisotopic (exact) mass is 456 g/mol. The van der Waals surface area contributed by atoms with Crippen LogP contribution in [0.15, 0.2) is 52.6 Å². The van der Waals surface area contributed by atoms with Crippen LogP contribution >= 0.6 is 0 Å². The fraction of sp³-hybridized carbons (Fsp3) is 0.250. The number of aliphatic imine (C=N–C) groups is 1. The molecule has 1 aliphatic heterocycles. The summed E-state index contributed by atoms with van der Waals surface area (Å²) in [4.78, 5) is 32.9. The predicted molar refractivity (Wildman–Crippen MR) is 115 cm³/mol. The molecule has 0 spiro atoms. The molecule has 0 saturated heterocycles. The number of nitrogens with zero attached hydrogens (tertiary/aromatic N) is 4. The van der Waals surface area contributed by atoms with Crippen LogP contribution in [0.4, 0.5) is 5.69 Å². The molecule has 3 heterocycles. The first-order chi connectivity index (χ1) is 15.3. The zero-order valence-electron chi connectivity index (χ0n) is 17.1. The topological polar surface area (TPSA) is 144 Å². The van der Waals surface area contributed by atoms with Gasteiger partial charge in [-0.1, -0.05) is 6.07 Å². The number of benzene rings is 1. The fourth-order valence-corrected chi connectivity index (χ4v) is 4.35. The summed E-state index contributed by atoms with van der Waals surface area (Å²) in [6.45, 7) is 1.68. The number of rotatable bonds is 6. The number of ether oxygens (including phenoxy) is 1. The smallest absolute Gasteiger partial charge is 0.344 e. The quantitative estimate of drug-likeness (QED) is 0.532. The van der Waals surface area contributed by atoms with E-state index in [0.717, 1.165) is 6.42 Å². The van der Waals surface area contributed by atoms with Crippen molar-refractivity contribution in [2.24, 2.45) is 4.99 Å². The molecule has 11 nitrogen and oxygen atoms in total. The van der Waals surface area contributed by atoms with E-state index in [1.807, 2.05) is 0 Å². The van der Waals surface area contributed by atoms with E-state index in [-0.39, 0.29) is 16.1 Å². The fourth-order valence-electron chi connectivity index (χ4n) is 3.21. The number of amides is 1. The molecule has 1 aliphatic rings. The largest absolute Gasteiger partial charge is 0.452 e. The number of fused-ring (bicyclic) bond motifs is 1. The minimum absolute atomic E-state index is 0.0186. The molecular formula is C20H20N6O5S. The number of aromatic nitrogens is 3. The van der Waals surface area contributed by atoms with Crippen molar-refractivity contribution < 1.29 is 22.7 Å². The highest BCUT2D eigenvalue weighted by Crippen LogP contribution is 2.17. The van der Waals surface area contributed by atoms with E-state index in [1.165, 1.54) is 35.0 Å². The van der Waals surface area contributed by atoms with E-state index >= 15 is 0 Å². The average molecular weight is 456 g/mol. The lowest BCUT2D eigenvalue weighted by Crippen LogP contribution is -2.29. The van der Waals surface area contributed by atoms with E-state index in [9.17, 15) is 18.0 Å². The Morgan fingerprint density at radius 1 is 1.25 bits per heavy atom. The van der Waals surface area contributed by atoms with Gasteiger partial charge in [0, 0.05) is 31.0 Å². The molecule has 1 amide bonds. The van der Waals surface area contributed by atoms with E-state index in [1.54, 1.807) is 19.2 Å². The molecule has 166 valence electrons. The van der Waals surface area contributed by atoms with Gasteiger partial charge in [0.05, 0.1) is 10.6 Å². The van der Waals surface area contributed by atoms with Crippen LogP contribution in [0.1, 0.15) is 28.9 Å². The zero-order chi connectivity index (χ0) is 22.7. The van der Waals surface area contributed by atoms with Gasteiger partial charge in [0.15, 0.2) is 12.3 Å². The van der Waals surface area contributed by atoms with Crippen LogP contribution in [-0.4, -0.2) is 53.9 Å². The molecule has 0 unspecified atom stereocenters. The van der Waals surface area contributed by atoms with Gasteiger partial charge in [-0.15, -0.1) is 0 Å². The van der Waals surface area contributed by atoms with Gasteiger partial charge < -0.3 is 10.1 Å². The first-order valence-electron chi connectivity index (χ1n) is 9.76. The van der Waals surface area contributed by atoms with Crippen LogP contribution in [0.2, 0.25) is 0 Å². The number of carbonyl (C=O) groups is 2. The Hall–Kier alpha value is -3.80. The summed E-state index contributed by atoms with van der Waals surface area (Å²) in [6, 6.07) is 7.43. The summed E-state index contributed by atoms with van der Waals surface area (Å²) >= 11 is 0. The molecule has 0 fully saturated rings. The van der Waals surface area contributed by atoms with Gasteiger partial charge >= 0.3 is 5.97 Å². The Bertz CT molecular complexity index is 1330. The SMILES string of the molecule is Cc1nn2cccnc2c1C(=O)OCC(=O)Nc1cccc(S(=O)(=O)NC2=NCCC2)c1. The Morgan fingerprint density at radius 3 is 2.88 bits per heavy atom. The molecule has 0 saturated carbocycles.